The molecule has 1 rings (SSSR count). The van der Waals surface area contributed by atoms with Crippen LogP contribution in [0.3, 0.4) is 0 Å². The second-order valence-corrected chi connectivity index (χ2v) is 5.13. The molecular formula is C11H20ClNO2. The zero-order chi connectivity index (χ0) is 11.6. The van der Waals surface area contributed by atoms with Crippen molar-refractivity contribution in [1.82, 2.24) is 4.90 Å². The van der Waals surface area contributed by atoms with Gasteiger partial charge in [-0.25, -0.2) is 0 Å². The summed E-state index contributed by atoms with van der Waals surface area (Å²) in [4.78, 5) is 13.9. The Hall–Kier alpha value is -0.280. The lowest BCUT2D eigenvalue weighted by molar-refractivity contribution is -0.141. The van der Waals surface area contributed by atoms with Crippen LogP contribution in [-0.4, -0.2) is 42.5 Å². The average Bonchev–Trinajstić information content (AvgIpc) is 2.62. The molecular weight excluding hydrogens is 214 g/mol. The number of hydrogen-bond donors (Lipinski definition) is 0. The Morgan fingerprint density at radius 1 is 1.60 bits per heavy atom. The maximum absolute atomic E-state index is 12.1. The highest BCUT2D eigenvalue weighted by Gasteiger charge is 2.36. The molecule has 0 aliphatic carbocycles. The molecule has 2 unspecified atom stereocenters. The molecule has 1 aliphatic rings. The molecule has 1 fully saturated rings. The number of ether oxygens (including phenoxy) is 1. The fourth-order valence-corrected chi connectivity index (χ4v) is 2.03. The van der Waals surface area contributed by atoms with Gasteiger partial charge in [0.1, 0.15) is 0 Å². The molecule has 0 aromatic carbocycles. The summed E-state index contributed by atoms with van der Waals surface area (Å²) in [6.45, 7) is 6.50. The Labute approximate surface area is 96.7 Å². The Balaban J connectivity index is 2.67. The average molecular weight is 234 g/mol. The zero-order valence-electron chi connectivity index (χ0n) is 9.92. The largest absolute Gasteiger partial charge is 0.376 e. The molecule has 2 atom stereocenters. The molecule has 1 heterocycles. The molecule has 0 bridgehead atoms. The number of likely N-dealkylation sites (N-methyl/N-ethyl adjacent to an activating group) is 1. The summed E-state index contributed by atoms with van der Waals surface area (Å²) >= 11 is 5.80. The number of carbonyl (C=O) groups is 1. The van der Waals surface area contributed by atoms with E-state index in [0.29, 0.717) is 5.88 Å². The van der Waals surface area contributed by atoms with E-state index < -0.39 is 5.41 Å². The van der Waals surface area contributed by atoms with Crippen molar-refractivity contribution < 1.29 is 9.53 Å². The fourth-order valence-electron chi connectivity index (χ4n) is 1.91. The summed E-state index contributed by atoms with van der Waals surface area (Å²) < 4.78 is 5.46. The van der Waals surface area contributed by atoms with E-state index in [1.807, 2.05) is 27.8 Å². The van der Waals surface area contributed by atoms with Crippen molar-refractivity contribution >= 4 is 17.5 Å². The van der Waals surface area contributed by atoms with Crippen LogP contribution >= 0.6 is 11.6 Å². The standard InChI is InChI=1S/C11H20ClNO2/c1-8-9(5-6-15-8)13(4)10(14)11(2,3)7-12/h8-9H,5-7H2,1-4H3. The molecule has 15 heavy (non-hydrogen) atoms. The fraction of sp³-hybridized carbons (Fsp3) is 0.909. The number of halogens is 1. The third-order valence-corrected chi connectivity index (χ3v) is 3.74. The molecule has 0 spiro atoms. The van der Waals surface area contributed by atoms with Gasteiger partial charge in [0.15, 0.2) is 0 Å². The van der Waals surface area contributed by atoms with Crippen molar-refractivity contribution in [1.29, 1.82) is 0 Å². The first-order chi connectivity index (χ1) is 6.90. The summed E-state index contributed by atoms with van der Waals surface area (Å²) in [6, 6.07) is 0.194. The van der Waals surface area contributed by atoms with Gasteiger partial charge in [-0.15, -0.1) is 11.6 Å². The number of hydrogen-bond acceptors (Lipinski definition) is 2. The minimum absolute atomic E-state index is 0.0971. The summed E-state index contributed by atoms with van der Waals surface area (Å²) in [5.74, 6) is 0.442. The Kier molecular flexibility index (Phi) is 4.01. The van der Waals surface area contributed by atoms with Gasteiger partial charge in [-0.2, -0.15) is 0 Å². The number of amides is 1. The minimum atomic E-state index is -0.487. The van der Waals surface area contributed by atoms with Gasteiger partial charge in [-0.1, -0.05) is 0 Å². The summed E-state index contributed by atoms with van der Waals surface area (Å²) in [6.07, 6.45) is 1.05. The summed E-state index contributed by atoms with van der Waals surface area (Å²) in [5, 5.41) is 0. The van der Waals surface area contributed by atoms with Crippen LogP contribution in [0.1, 0.15) is 27.2 Å². The van der Waals surface area contributed by atoms with E-state index in [1.54, 1.807) is 4.90 Å². The van der Waals surface area contributed by atoms with Gasteiger partial charge in [-0.05, 0) is 27.2 Å². The van der Waals surface area contributed by atoms with Crippen LogP contribution in [0, 0.1) is 5.41 Å². The topological polar surface area (TPSA) is 29.5 Å². The van der Waals surface area contributed by atoms with Gasteiger partial charge in [0.05, 0.1) is 17.6 Å². The lowest BCUT2D eigenvalue weighted by atomic mass is 9.93. The normalized spacial score (nSPS) is 26.7. The smallest absolute Gasteiger partial charge is 0.229 e. The second-order valence-electron chi connectivity index (χ2n) is 4.87. The van der Waals surface area contributed by atoms with Crippen molar-refractivity contribution in [3.63, 3.8) is 0 Å². The Morgan fingerprint density at radius 2 is 2.20 bits per heavy atom. The maximum atomic E-state index is 12.1. The molecule has 1 amide bonds. The maximum Gasteiger partial charge on any atom is 0.229 e. The molecule has 1 aliphatic heterocycles. The molecule has 0 N–H and O–H groups in total. The minimum Gasteiger partial charge on any atom is -0.376 e. The highest BCUT2D eigenvalue weighted by molar-refractivity contribution is 6.19. The van der Waals surface area contributed by atoms with Crippen LogP contribution in [0.5, 0.6) is 0 Å². The summed E-state index contributed by atoms with van der Waals surface area (Å²) in [7, 11) is 1.84. The van der Waals surface area contributed by atoms with Crippen molar-refractivity contribution in [3.8, 4) is 0 Å². The lowest BCUT2D eigenvalue weighted by Crippen LogP contribution is -2.47. The van der Waals surface area contributed by atoms with Crippen LogP contribution in [0.15, 0.2) is 0 Å². The van der Waals surface area contributed by atoms with Crippen molar-refractivity contribution in [2.45, 2.75) is 39.3 Å². The van der Waals surface area contributed by atoms with Crippen LogP contribution < -0.4 is 0 Å². The van der Waals surface area contributed by atoms with Crippen molar-refractivity contribution in [2.24, 2.45) is 5.41 Å². The van der Waals surface area contributed by atoms with Crippen molar-refractivity contribution in [3.05, 3.63) is 0 Å². The molecule has 0 saturated carbocycles. The number of rotatable bonds is 3. The van der Waals surface area contributed by atoms with Crippen LogP contribution in [-0.2, 0) is 9.53 Å². The van der Waals surface area contributed by atoms with E-state index >= 15 is 0 Å². The molecule has 0 radical (unpaired) electrons. The molecule has 0 aromatic rings. The molecule has 3 nitrogen and oxygen atoms in total. The van der Waals surface area contributed by atoms with Crippen molar-refractivity contribution in [2.75, 3.05) is 19.5 Å². The predicted molar refractivity (Wildman–Crippen MR) is 61.1 cm³/mol. The van der Waals surface area contributed by atoms with Gasteiger partial charge >= 0.3 is 0 Å². The number of alkyl halides is 1. The van der Waals surface area contributed by atoms with Gasteiger partial charge in [-0.3, -0.25) is 4.79 Å². The third-order valence-electron chi connectivity index (χ3n) is 3.07. The first-order valence-corrected chi connectivity index (χ1v) is 5.88. The molecule has 0 aromatic heterocycles. The lowest BCUT2D eigenvalue weighted by Gasteiger charge is -2.33. The monoisotopic (exact) mass is 233 g/mol. The van der Waals surface area contributed by atoms with Gasteiger partial charge in [0.2, 0.25) is 5.91 Å². The Morgan fingerprint density at radius 3 is 2.60 bits per heavy atom. The SMILES string of the molecule is CC1OCCC1N(C)C(=O)C(C)(C)CCl. The second kappa shape index (κ2) is 4.71. The quantitative estimate of drug-likeness (QED) is 0.697. The third kappa shape index (κ3) is 2.64. The zero-order valence-corrected chi connectivity index (χ0v) is 10.7. The van der Waals surface area contributed by atoms with E-state index in [2.05, 4.69) is 0 Å². The molecule has 1 saturated heterocycles. The van der Waals surface area contributed by atoms with E-state index in [9.17, 15) is 4.79 Å². The number of nitrogens with zero attached hydrogens (tertiary/aromatic N) is 1. The first-order valence-electron chi connectivity index (χ1n) is 5.35. The molecule has 88 valence electrons. The van der Waals surface area contributed by atoms with Crippen LogP contribution in [0.2, 0.25) is 0 Å². The summed E-state index contributed by atoms with van der Waals surface area (Å²) in [5.41, 5.74) is -0.487. The molecule has 4 heteroatoms. The van der Waals surface area contributed by atoms with E-state index in [1.165, 1.54) is 0 Å². The van der Waals surface area contributed by atoms with E-state index in [4.69, 9.17) is 16.3 Å². The van der Waals surface area contributed by atoms with Crippen LogP contribution in [0.4, 0.5) is 0 Å². The highest BCUT2D eigenvalue weighted by Crippen LogP contribution is 2.25. The highest BCUT2D eigenvalue weighted by atomic mass is 35.5. The number of carbonyl (C=O) groups excluding carboxylic acids is 1. The van der Waals surface area contributed by atoms with E-state index in [0.717, 1.165) is 13.0 Å². The van der Waals surface area contributed by atoms with Crippen LogP contribution in [0.25, 0.3) is 0 Å². The van der Waals surface area contributed by atoms with E-state index in [-0.39, 0.29) is 18.1 Å². The van der Waals surface area contributed by atoms with Gasteiger partial charge in [0, 0.05) is 19.5 Å². The van der Waals surface area contributed by atoms with Gasteiger partial charge < -0.3 is 9.64 Å². The Bertz CT molecular complexity index is 243. The first kappa shape index (κ1) is 12.8. The van der Waals surface area contributed by atoms with Gasteiger partial charge in [0.25, 0.3) is 0 Å². The predicted octanol–water partition coefficient (Wildman–Crippen LogP) is 1.89.